The zero-order chi connectivity index (χ0) is 18.6. The summed E-state index contributed by atoms with van der Waals surface area (Å²) in [5.74, 6) is 0.107. The number of fused-ring (bicyclic) bond motifs is 1. The molecule has 27 heavy (non-hydrogen) atoms. The molecule has 0 aliphatic carbocycles. The molecule has 0 aliphatic heterocycles. The number of nitriles is 1. The van der Waals surface area contributed by atoms with Crippen LogP contribution in [0.4, 0.5) is 0 Å². The summed E-state index contributed by atoms with van der Waals surface area (Å²) >= 11 is 2.62. The number of rotatable bonds is 5. The Bertz CT molecular complexity index is 1130. The number of aromatic nitrogens is 5. The van der Waals surface area contributed by atoms with Crippen molar-refractivity contribution in [3.8, 4) is 11.8 Å². The van der Waals surface area contributed by atoms with E-state index in [1.54, 1.807) is 4.68 Å². The van der Waals surface area contributed by atoms with E-state index in [1.807, 2.05) is 54.6 Å². The predicted molar refractivity (Wildman–Crippen MR) is 105 cm³/mol. The van der Waals surface area contributed by atoms with Gasteiger partial charge in [0.25, 0.3) is 0 Å². The lowest BCUT2D eigenvalue weighted by Crippen LogP contribution is -2.00. The van der Waals surface area contributed by atoms with Gasteiger partial charge in [-0.1, -0.05) is 42.1 Å². The van der Waals surface area contributed by atoms with Gasteiger partial charge in [-0.25, -0.2) is 4.98 Å². The van der Waals surface area contributed by atoms with E-state index in [0.717, 1.165) is 15.9 Å². The Labute approximate surface area is 162 Å². The molecule has 9 heteroatoms. The van der Waals surface area contributed by atoms with E-state index in [9.17, 15) is 10.4 Å². The van der Waals surface area contributed by atoms with Gasteiger partial charge in [0.15, 0.2) is 0 Å². The summed E-state index contributed by atoms with van der Waals surface area (Å²) in [7, 11) is 0. The lowest BCUT2D eigenvalue weighted by Gasteiger charge is -2.04. The van der Waals surface area contributed by atoms with E-state index in [1.165, 1.54) is 23.1 Å². The maximum absolute atomic E-state index is 10.5. The van der Waals surface area contributed by atoms with Gasteiger partial charge in [-0.3, -0.25) is 0 Å². The third-order valence-electron chi connectivity index (χ3n) is 3.69. The fraction of sp³-hybridized carbons (Fsp3) is 0.0556. The molecule has 0 saturated carbocycles. The number of para-hydroxylation sites is 2. The number of aliphatic hydroxyl groups excluding tert-OH is 1. The minimum atomic E-state index is -0.0517. The van der Waals surface area contributed by atoms with Crippen LogP contribution in [0.2, 0.25) is 0 Å². The lowest BCUT2D eigenvalue weighted by atomic mass is 10.2. The molecule has 0 radical (unpaired) electrons. The van der Waals surface area contributed by atoms with E-state index >= 15 is 0 Å². The molecule has 2 heterocycles. The third kappa shape index (κ3) is 3.53. The van der Waals surface area contributed by atoms with Crippen molar-refractivity contribution in [3.05, 3.63) is 65.4 Å². The van der Waals surface area contributed by atoms with Gasteiger partial charge in [-0.15, -0.1) is 16.4 Å². The molecule has 0 saturated heterocycles. The molecule has 0 spiro atoms. The minimum absolute atomic E-state index is 0.0517. The maximum atomic E-state index is 10.5. The van der Waals surface area contributed by atoms with Gasteiger partial charge < -0.3 is 5.11 Å². The summed E-state index contributed by atoms with van der Waals surface area (Å²) in [6.45, 7) is 0. The zero-order valence-corrected chi connectivity index (χ0v) is 15.5. The largest absolute Gasteiger partial charge is 0.510 e. The van der Waals surface area contributed by atoms with Crippen LogP contribution in [0.1, 0.15) is 5.01 Å². The van der Waals surface area contributed by atoms with Crippen LogP contribution >= 0.6 is 23.1 Å². The van der Waals surface area contributed by atoms with Crippen LogP contribution < -0.4 is 0 Å². The van der Waals surface area contributed by atoms with Crippen molar-refractivity contribution in [3.63, 3.8) is 0 Å². The van der Waals surface area contributed by atoms with Gasteiger partial charge in [0, 0.05) is 0 Å². The summed E-state index contributed by atoms with van der Waals surface area (Å²) in [4.78, 5) is 4.44. The summed E-state index contributed by atoms with van der Waals surface area (Å²) < 4.78 is 2.55. The standard InChI is InChI=1S/C18H12N6OS2/c19-10-13(17-20-14-8-4-5-9-16(14)27-17)15(25)11-26-18-21-22-23-24(18)12-6-2-1-3-7-12/h1-9,25H,11H2/b15-13-. The van der Waals surface area contributed by atoms with Crippen LogP contribution in [0.15, 0.2) is 65.5 Å². The first-order valence-electron chi connectivity index (χ1n) is 7.91. The number of thioether (sulfide) groups is 1. The second kappa shape index (κ2) is 7.57. The molecule has 4 rings (SSSR count). The van der Waals surface area contributed by atoms with Gasteiger partial charge in [0.05, 0.1) is 21.7 Å². The Balaban J connectivity index is 1.59. The van der Waals surface area contributed by atoms with E-state index in [-0.39, 0.29) is 17.1 Å². The Morgan fingerprint density at radius 2 is 1.93 bits per heavy atom. The van der Waals surface area contributed by atoms with E-state index in [4.69, 9.17) is 0 Å². The van der Waals surface area contributed by atoms with Gasteiger partial charge in [-0.05, 0) is 34.7 Å². The fourth-order valence-electron chi connectivity index (χ4n) is 2.42. The Morgan fingerprint density at radius 3 is 2.70 bits per heavy atom. The van der Waals surface area contributed by atoms with E-state index < -0.39 is 0 Å². The highest BCUT2D eigenvalue weighted by molar-refractivity contribution is 7.99. The van der Waals surface area contributed by atoms with Crippen molar-refractivity contribution >= 4 is 38.9 Å². The van der Waals surface area contributed by atoms with Gasteiger partial charge in [0.1, 0.15) is 22.4 Å². The van der Waals surface area contributed by atoms with Crippen LogP contribution in [0.5, 0.6) is 0 Å². The molecular weight excluding hydrogens is 380 g/mol. The maximum Gasteiger partial charge on any atom is 0.214 e. The van der Waals surface area contributed by atoms with Crippen molar-refractivity contribution in [2.24, 2.45) is 0 Å². The normalized spacial score (nSPS) is 12.0. The molecule has 7 nitrogen and oxygen atoms in total. The molecule has 0 fully saturated rings. The number of aliphatic hydroxyl groups is 1. The predicted octanol–water partition coefficient (Wildman–Crippen LogP) is 3.86. The van der Waals surface area contributed by atoms with Crippen LogP contribution in [-0.2, 0) is 0 Å². The molecule has 0 atom stereocenters. The molecule has 2 aromatic heterocycles. The topological polar surface area (TPSA) is 101 Å². The highest BCUT2D eigenvalue weighted by Crippen LogP contribution is 2.29. The summed E-state index contributed by atoms with van der Waals surface area (Å²) in [5.41, 5.74) is 1.79. The number of hydrogen-bond acceptors (Lipinski definition) is 8. The minimum Gasteiger partial charge on any atom is -0.510 e. The second-order valence-electron chi connectivity index (χ2n) is 5.42. The van der Waals surface area contributed by atoms with Crippen molar-refractivity contribution in [1.82, 2.24) is 25.2 Å². The van der Waals surface area contributed by atoms with Crippen LogP contribution in [0.3, 0.4) is 0 Å². The van der Waals surface area contributed by atoms with Gasteiger partial charge >= 0.3 is 0 Å². The molecule has 0 bridgehead atoms. The number of benzene rings is 2. The molecule has 2 aromatic carbocycles. The number of nitrogens with zero attached hydrogens (tertiary/aromatic N) is 6. The van der Waals surface area contributed by atoms with E-state index in [0.29, 0.717) is 10.2 Å². The summed E-state index contributed by atoms with van der Waals surface area (Å²) in [5, 5.41) is 32.7. The van der Waals surface area contributed by atoms with Crippen molar-refractivity contribution in [2.75, 3.05) is 5.75 Å². The lowest BCUT2D eigenvalue weighted by molar-refractivity contribution is 0.420. The first-order chi connectivity index (χ1) is 13.3. The average molecular weight is 392 g/mol. The highest BCUT2D eigenvalue weighted by Gasteiger charge is 2.16. The number of hydrogen-bond donors (Lipinski definition) is 1. The van der Waals surface area contributed by atoms with Crippen LogP contribution in [0, 0.1) is 11.3 Å². The molecular formula is C18H12N6OS2. The quantitative estimate of drug-likeness (QED) is 0.313. The number of tetrazole rings is 1. The molecule has 132 valence electrons. The number of allylic oxidation sites excluding steroid dienone is 1. The Kier molecular flexibility index (Phi) is 4.82. The molecule has 0 unspecified atom stereocenters. The molecule has 1 N–H and O–H groups in total. The average Bonchev–Trinajstić information content (AvgIpc) is 3.34. The molecule has 0 aliphatic rings. The van der Waals surface area contributed by atoms with Crippen molar-refractivity contribution in [2.45, 2.75) is 5.16 Å². The van der Waals surface area contributed by atoms with Gasteiger partial charge in [-0.2, -0.15) is 9.94 Å². The van der Waals surface area contributed by atoms with Crippen LogP contribution in [0.25, 0.3) is 21.5 Å². The Hall–Kier alpha value is -3.22. The summed E-state index contributed by atoms with van der Waals surface area (Å²) in [6, 6.07) is 19.1. The monoisotopic (exact) mass is 392 g/mol. The van der Waals surface area contributed by atoms with Crippen LogP contribution in [-0.4, -0.2) is 36.1 Å². The molecule has 0 amide bonds. The SMILES string of the molecule is N#C/C(=C(/O)CSc1nnnn1-c1ccccc1)c1nc2ccccc2s1. The first kappa shape index (κ1) is 17.2. The fourth-order valence-corrected chi connectivity index (χ4v) is 4.17. The summed E-state index contributed by atoms with van der Waals surface area (Å²) in [6.07, 6.45) is 0. The highest BCUT2D eigenvalue weighted by atomic mass is 32.2. The smallest absolute Gasteiger partial charge is 0.214 e. The Morgan fingerprint density at radius 1 is 1.15 bits per heavy atom. The van der Waals surface area contributed by atoms with Crippen molar-refractivity contribution < 1.29 is 5.11 Å². The zero-order valence-electron chi connectivity index (χ0n) is 13.9. The third-order valence-corrected chi connectivity index (χ3v) is 5.67. The first-order valence-corrected chi connectivity index (χ1v) is 9.71. The number of thiazole rings is 1. The van der Waals surface area contributed by atoms with E-state index in [2.05, 4.69) is 26.6 Å². The molecule has 4 aromatic rings. The van der Waals surface area contributed by atoms with Gasteiger partial charge in [0.2, 0.25) is 5.16 Å². The van der Waals surface area contributed by atoms with Crippen molar-refractivity contribution in [1.29, 1.82) is 5.26 Å². The second-order valence-corrected chi connectivity index (χ2v) is 7.39.